The summed E-state index contributed by atoms with van der Waals surface area (Å²) in [5.41, 5.74) is 1.20. The van der Waals surface area contributed by atoms with Crippen LogP contribution in [-0.4, -0.2) is 16.6 Å². The third kappa shape index (κ3) is 4.23. The quantitative estimate of drug-likeness (QED) is 0.857. The van der Waals surface area contributed by atoms with Crippen LogP contribution in [0.1, 0.15) is 26.3 Å². The van der Waals surface area contributed by atoms with Crippen molar-refractivity contribution in [3.63, 3.8) is 0 Å². The van der Waals surface area contributed by atoms with Crippen LogP contribution in [0.15, 0.2) is 18.3 Å². The first-order valence-corrected chi connectivity index (χ1v) is 6.62. The Balaban J connectivity index is 2.63. The van der Waals surface area contributed by atoms with Gasteiger partial charge in [0.2, 0.25) is 5.91 Å². The van der Waals surface area contributed by atoms with Gasteiger partial charge in [0.25, 0.3) is 0 Å². The Hall–Kier alpha value is -1.03. The topological polar surface area (TPSA) is 42.0 Å². The van der Waals surface area contributed by atoms with Gasteiger partial charge in [0.1, 0.15) is 5.82 Å². The molecule has 0 radical (unpaired) electrons. The Morgan fingerprint density at radius 1 is 1.56 bits per heavy atom. The lowest BCUT2D eigenvalue weighted by Gasteiger charge is -2.08. The smallest absolute Gasteiger partial charge is 0.228 e. The van der Waals surface area contributed by atoms with E-state index in [1.807, 2.05) is 37.7 Å². The highest BCUT2D eigenvalue weighted by atomic mass is 32.2. The molecule has 3 nitrogen and oxygen atoms in total. The molecule has 0 bridgehead atoms. The molecule has 4 heteroatoms. The number of nitrogens with one attached hydrogen (secondary N) is 1. The number of thioether (sulfide) groups is 1. The summed E-state index contributed by atoms with van der Waals surface area (Å²) < 4.78 is 0. The molecule has 0 atom stereocenters. The number of amides is 1. The van der Waals surface area contributed by atoms with Gasteiger partial charge in [-0.1, -0.05) is 20.8 Å². The molecular formula is C12H18N2OS. The highest BCUT2D eigenvalue weighted by Crippen LogP contribution is 2.14. The predicted molar refractivity (Wildman–Crippen MR) is 69.5 cm³/mol. The van der Waals surface area contributed by atoms with Crippen molar-refractivity contribution in [1.82, 2.24) is 4.98 Å². The number of hydrogen-bond donors (Lipinski definition) is 1. The van der Waals surface area contributed by atoms with Crippen LogP contribution in [0.4, 0.5) is 5.82 Å². The van der Waals surface area contributed by atoms with Crippen LogP contribution < -0.4 is 5.32 Å². The third-order valence-electron chi connectivity index (χ3n) is 2.07. The summed E-state index contributed by atoms with van der Waals surface area (Å²) in [6.45, 7) is 5.87. The van der Waals surface area contributed by atoms with Gasteiger partial charge in [-0.25, -0.2) is 4.98 Å². The largest absolute Gasteiger partial charge is 0.310 e. The zero-order valence-corrected chi connectivity index (χ0v) is 10.8. The van der Waals surface area contributed by atoms with Crippen LogP contribution in [-0.2, 0) is 10.5 Å². The second kappa shape index (κ2) is 6.53. The summed E-state index contributed by atoms with van der Waals surface area (Å²) >= 11 is 1.85. The van der Waals surface area contributed by atoms with Gasteiger partial charge in [0, 0.05) is 17.9 Å². The minimum atomic E-state index is -0.0181. The van der Waals surface area contributed by atoms with Crippen molar-refractivity contribution in [3.05, 3.63) is 23.9 Å². The van der Waals surface area contributed by atoms with E-state index in [1.165, 1.54) is 5.56 Å². The Labute approximate surface area is 101 Å². The van der Waals surface area contributed by atoms with Gasteiger partial charge in [-0.15, -0.1) is 0 Å². The Kier molecular flexibility index (Phi) is 5.32. The number of pyridine rings is 1. The van der Waals surface area contributed by atoms with Crippen LogP contribution in [0.5, 0.6) is 0 Å². The van der Waals surface area contributed by atoms with E-state index < -0.39 is 0 Å². The number of carbonyl (C=O) groups is 1. The number of nitrogens with zero attached hydrogens (tertiary/aromatic N) is 1. The first-order valence-electron chi connectivity index (χ1n) is 5.47. The highest BCUT2D eigenvalue weighted by Gasteiger charge is 2.07. The molecule has 0 unspecified atom stereocenters. The SMILES string of the molecule is CCSCc1ccnc(NC(=O)C(C)C)c1. The molecule has 0 aromatic carbocycles. The van der Waals surface area contributed by atoms with Crippen molar-refractivity contribution in [2.45, 2.75) is 26.5 Å². The lowest BCUT2D eigenvalue weighted by molar-refractivity contribution is -0.118. The van der Waals surface area contributed by atoms with Crippen molar-refractivity contribution < 1.29 is 4.79 Å². The highest BCUT2D eigenvalue weighted by molar-refractivity contribution is 7.98. The average molecular weight is 238 g/mol. The van der Waals surface area contributed by atoms with Crippen molar-refractivity contribution in [3.8, 4) is 0 Å². The molecule has 0 saturated carbocycles. The van der Waals surface area contributed by atoms with E-state index >= 15 is 0 Å². The predicted octanol–water partition coefficient (Wildman–Crippen LogP) is 2.93. The number of aromatic nitrogens is 1. The average Bonchev–Trinajstić information content (AvgIpc) is 2.26. The van der Waals surface area contributed by atoms with Crippen molar-refractivity contribution in [1.29, 1.82) is 0 Å². The van der Waals surface area contributed by atoms with Crippen LogP contribution >= 0.6 is 11.8 Å². The van der Waals surface area contributed by atoms with Gasteiger partial charge in [0.05, 0.1) is 0 Å². The first-order chi connectivity index (χ1) is 7.63. The Bertz CT molecular complexity index is 353. The van der Waals surface area contributed by atoms with E-state index in [4.69, 9.17) is 0 Å². The molecule has 0 aliphatic rings. The van der Waals surface area contributed by atoms with Gasteiger partial charge in [-0.3, -0.25) is 4.79 Å². The van der Waals surface area contributed by atoms with Crippen molar-refractivity contribution >= 4 is 23.5 Å². The molecule has 0 fully saturated rings. The third-order valence-corrected chi connectivity index (χ3v) is 3.02. The maximum absolute atomic E-state index is 11.5. The van der Waals surface area contributed by atoms with Gasteiger partial charge in [-0.2, -0.15) is 11.8 Å². The van der Waals surface area contributed by atoms with Gasteiger partial charge >= 0.3 is 0 Å². The van der Waals surface area contributed by atoms with Crippen molar-refractivity contribution in [2.75, 3.05) is 11.1 Å². The molecule has 0 saturated heterocycles. The maximum Gasteiger partial charge on any atom is 0.228 e. The van der Waals surface area contributed by atoms with E-state index in [9.17, 15) is 4.79 Å². The second-order valence-corrected chi connectivity index (χ2v) is 5.10. The van der Waals surface area contributed by atoms with Crippen molar-refractivity contribution in [2.24, 2.45) is 5.92 Å². The van der Waals surface area contributed by atoms with Crippen LogP contribution in [0.3, 0.4) is 0 Å². The lowest BCUT2D eigenvalue weighted by atomic mass is 10.2. The molecule has 0 aliphatic heterocycles. The van der Waals surface area contributed by atoms with E-state index in [-0.39, 0.29) is 11.8 Å². The summed E-state index contributed by atoms with van der Waals surface area (Å²) in [6.07, 6.45) is 1.74. The zero-order chi connectivity index (χ0) is 12.0. The van der Waals surface area contributed by atoms with Gasteiger partial charge < -0.3 is 5.32 Å². The molecule has 1 amide bonds. The Morgan fingerprint density at radius 2 is 2.31 bits per heavy atom. The van der Waals surface area contributed by atoms with E-state index in [2.05, 4.69) is 17.2 Å². The summed E-state index contributed by atoms with van der Waals surface area (Å²) in [5.74, 6) is 2.69. The molecule has 1 N–H and O–H groups in total. The number of carbonyl (C=O) groups excluding carboxylic acids is 1. The fraction of sp³-hybridized carbons (Fsp3) is 0.500. The van der Waals surface area contributed by atoms with Crippen LogP contribution in [0, 0.1) is 5.92 Å². The zero-order valence-electron chi connectivity index (χ0n) is 9.99. The summed E-state index contributed by atoms with van der Waals surface area (Å²) in [5, 5.41) is 2.80. The molecule has 16 heavy (non-hydrogen) atoms. The molecule has 0 aliphatic carbocycles. The maximum atomic E-state index is 11.5. The van der Waals surface area contributed by atoms with Gasteiger partial charge in [0.15, 0.2) is 0 Å². The van der Waals surface area contributed by atoms with Gasteiger partial charge in [-0.05, 0) is 23.4 Å². The standard InChI is InChI=1S/C12H18N2OS/c1-4-16-8-10-5-6-13-11(7-10)14-12(15)9(2)3/h5-7,9H,4,8H2,1-3H3,(H,13,14,15). The molecule has 1 heterocycles. The monoisotopic (exact) mass is 238 g/mol. The van der Waals surface area contributed by atoms with Crippen LogP contribution in [0.2, 0.25) is 0 Å². The number of anilines is 1. The molecule has 1 rings (SSSR count). The number of rotatable bonds is 5. The summed E-state index contributed by atoms with van der Waals surface area (Å²) in [4.78, 5) is 15.6. The molecule has 1 aromatic rings. The summed E-state index contributed by atoms with van der Waals surface area (Å²) in [6, 6.07) is 3.91. The summed E-state index contributed by atoms with van der Waals surface area (Å²) in [7, 11) is 0. The lowest BCUT2D eigenvalue weighted by Crippen LogP contribution is -2.18. The van der Waals surface area contributed by atoms with Crippen LogP contribution in [0.25, 0.3) is 0 Å². The number of hydrogen-bond acceptors (Lipinski definition) is 3. The molecule has 0 spiro atoms. The molecular weight excluding hydrogens is 220 g/mol. The Morgan fingerprint density at radius 3 is 2.94 bits per heavy atom. The minimum Gasteiger partial charge on any atom is -0.310 e. The normalized spacial score (nSPS) is 10.5. The second-order valence-electron chi connectivity index (χ2n) is 3.83. The fourth-order valence-corrected chi connectivity index (χ4v) is 1.74. The molecule has 88 valence electrons. The van der Waals surface area contributed by atoms with E-state index in [1.54, 1.807) is 6.20 Å². The fourth-order valence-electron chi connectivity index (χ4n) is 1.12. The minimum absolute atomic E-state index is 0.00722. The first kappa shape index (κ1) is 13.0. The van der Waals surface area contributed by atoms with E-state index in [0.29, 0.717) is 5.82 Å². The van der Waals surface area contributed by atoms with E-state index in [0.717, 1.165) is 11.5 Å². The molecule has 1 aromatic heterocycles.